The van der Waals surface area contributed by atoms with E-state index in [0.29, 0.717) is 11.5 Å². The summed E-state index contributed by atoms with van der Waals surface area (Å²) in [5.41, 5.74) is 3.41. The Kier molecular flexibility index (Phi) is 6.85. The Balaban J connectivity index is 1.78. The first-order valence-electron chi connectivity index (χ1n) is 10.3. The van der Waals surface area contributed by atoms with E-state index in [2.05, 4.69) is 0 Å². The maximum Gasteiger partial charge on any atom is 0.127 e. The van der Waals surface area contributed by atoms with Crippen LogP contribution in [-0.2, 0) is 12.8 Å². The van der Waals surface area contributed by atoms with Crippen LogP contribution < -0.4 is 0 Å². The summed E-state index contributed by atoms with van der Waals surface area (Å²) in [6.07, 6.45) is 9.46. The van der Waals surface area contributed by atoms with Crippen molar-refractivity contribution in [3.63, 3.8) is 0 Å². The van der Waals surface area contributed by atoms with Gasteiger partial charge in [0.25, 0.3) is 0 Å². The van der Waals surface area contributed by atoms with E-state index in [1.54, 1.807) is 12.4 Å². The third-order valence-electron chi connectivity index (χ3n) is 5.57. The predicted octanol–water partition coefficient (Wildman–Crippen LogP) is 5.07. The molecule has 0 aliphatic heterocycles. The van der Waals surface area contributed by atoms with Gasteiger partial charge in [-0.05, 0) is 48.9 Å². The summed E-state index contributed by atoms with van der Waals surface area (Å²) in [7, 11) is 0. The van der Waals surface area contributed by atoms with Gasteiger partial charge >= 0.3 is 0 Å². The molecule has 0 spiro atoms. The number of rotatable bonds is 6. The van der Waals surface area contributed by atoms with Gasteiger partial charge in [0.05, 0.1) is 12.1 Å². The van der Waals surface area contributed by atoms with Crippen LogP contribution in [0.15, 0.2) is 46.4 Å². The topological polar surface area (TPSA) is 65.2 Å². The highest BCUT2D eigenvalue weighted by atomic mass is 16.3. The lowest BCUT2D eigenvalue weighted by molar-refractivity contribution is 0.390. The smallest absolute Gasteiger partial charge is 0.127 e. The number of aryl methyl sites for hydroxylation is 2. The number of hydrogen-bond acceptors (Lipinski definition) is 4. The Bertz CT molecular complexity index is 786. The van der Waals surface area contributed by atoms with Crippen molar-refractivity contribution in [1.29, 1.82) is 0 Å². The number of para-hydroxylation sites is 2. The van der Waals surface area contributed by atoms with Crippen LogP contribution in [0.5, 0.6) is 11.5 Å². The van der Waals surface area contributed by atoms with Gasteiger partial charge in [-0.1, -0.05) is 51.0 Å². The average molecular weight is 379 g/mol. The van der Waals surface area contributed by atoms with E-state index in [-0.39, 0.29) is 12.1 Å². The van der Waals surface area contributed by atoms with Gasteiger partial charge in [-0.25, -0.2) is 0 Å². The largest absolute Gasteiger partial charge is 0.507 e. The second-order valence-corrected chi connectivity index (χ2v) is 7.39. The SMILES string of the molecule is CCc1cccc(C=N[C@H]2CCCC[C@@H]2N=Cc2cccc(CC)c2O)c1O. The minimum Gasteiger partial charge on any atom is -0.507 e. The Labute approximate surface area is 167 Å². The van der Waals surface area contributed by atoms with E-state index in [4.69, 9.17) is 9.98 Å². The zero-order valence-corrected chi connectivity index (χ0v) is 16.8. The molecule has 2 atom stereocenters. The highest BCUT2D eigenvalue weighted by Gasteiger charge is 2.23. The summed E-state index contributed by atoms with van der Waals surface area (Å²) < 4.78 is 0. The summed E-state index contributed by atoms with van der Waals surface area (Å²) in [5.74, 6) is 0.650. The fourth-order valence-corrected chi connectivity index (χ4v) is 3.79. The minimum absolute atomic E-state index is 0.103. The standard InChI is InChI=1S/C24H30N2O2/c1-3-17-9-7-11-19(23(17)27)15-25-21-13-5-6-14-22(21)26-16-20-12-8-10-18(4-2)24(20)28/h7-12,15-16,21-22,27-28H,3-6,13-14H2,1-2H3/t21-,22-/m0/s1. The van der Waals surface area contributed by atoms with E-state index in [9.17, 15) is 10.2 Å². The van der Waals surface area contributed by atoms with E-state index in [1.807, 2.05) is 50.2 Å². The fraction of sp³-hybridized carbons (Fsp3) is 0.417. The number of nitrogens with zero attached hydrogens (tertiary/aromatic N) is 2. The molecule has 2 aromatic carbocycles. The number of phenolic OH excluding ortho intramolecular Hbond substituents is 2. The van der Waals surface area contributed by atoms with Crippen molar-refractivity contribution in [2.75, 3.05) is 0 Å². The Morgan fingerprint density at radius 3 is 1.61 bits per heavy atom. The first-order valence-corrected chi connectivity index (χ1v) is 10.3. The average Bonchev–Trinajstić information content (AvgIpc) is 2.73. The zero-order valence-electron chi connectivity index (χ0n) is 16.8. The zero-order chi connectivity index (χ0) is 19.9. The lowest BCUT2D eigenvalue weighted by Gasteiger charge is -2.25. The highest BCUT2D eigenvalue weighted by molar-refractivity contribution is 5.85. The van der Waals surface area contributed by atoms with E-state index < -0.39 is 0 Å². The van der Waals surface area contributed by atoms with Gasteiger partial charge in [-0.15, -0.1) is 0 Å². The molecular weight excluding hydrogens is 348 g/mol. The maximum absolute atomic E-state index is 10.4. The van der Waals surface area contributed by atoms with Gasteiger partial charge in [-0.2, -0.15) is 0 Å². The third-order valence-corrected chi connectivity index (χ3v) is 5.57. The van der Waals surface area contributed by atoms with Crippen LogP contribution in [0.2, 0.25) is 0 Å². The van der Waals surface area contributed by atoms with Gasteiger partial charge < -0.3 is 10.2 Å². The Morgan fingerprint density at radius 1 is 0.786 bits per heavy atom. The van der Waals surface area contributed by atoms with Crippen LogP contribution in [0.4, 0.5) is 0 Å². The molecule has 2 aromatic rings. The number of hydrogen-bond donors (Lipinski definition) is 2. The molecule has 1 aliphatic rings. The van der Waals surface area contributed by atoms with Crippen molar-refractivity contribution in [2.45, 2.75) is 64.5 Å². The molecule has 0 amide bonds. The molecule has 4 heteroatoms. The normalized spacial score (nSPS) is 20.2. The molecule has 148 valence electrons. The van der Waals surface area contributed by atoms with Crippen molar-refractivity contribution in [3.05, 3.63) is 58.7 Å². The molecule has 2 N–H and O–H groups in total. The number of aromatic hydroxyl groups is 2. The number of aliphatic imine (C=N–C) groups is 2. The van der Waals surface area contributed by atoms with Crippen LogP contribution in [0, 0.1) is 0 Å². The van der Waals surface area contributed by atoms with Crippen LogP contribution in [0.1, 0.15) is 61.8 Å². The monoisotopic (exact) mass is 378 g/mol. The lowest BCUT2D eigenvalue weighted by atomic mass is 9.91. The summed E-state index contributed by atoms with van der Waals surface area (Å²) in [6.45, 7) is 4.07. The molecular formula is C24H30N2O2. The van der Waals surface area contributed by atoms with Gasteiger partial charge in [0.1, 0.15) is 11.5 Å². The highest BCUT2D eigenvalue weighted by Crippen LogP contribution is 2.27. The molecule has 4 nitrogen and oxygen atoms in total. The molecule has 1 fully saturated rings. The van der Waals surface area contributed by atoms with Crippen molar-refractivity contribution in [2.24, 2.45) is 9.98 Å². The van der Waals surface area contributed by atoms with Gasteiger partial charge in [0, 0.05) is 23.6 Å². The quantitative estimate of drug-likeness (QED) is 0.689. The van der Waals surface area contributed by atoms with Crippen LogP contribution >= 0.6 is 0 Å². The predicted molar refractivity (Wildman–Crippen MR) is 116 cm³/mol. The minimum atomic E-state index is 0.103. The molecule has 28 heavy (non-hydrogen) atoms. The van der Waals surface area contributed by atoms with E-state index in [0.717, 1.165) is 60.8 Å². The fourth-order valence-electron chi connectivity index (χ4n) is 3.79. The van der Waals surface area contributed by atoms with Crippen molar-refractivity contribution in [3.8, 4) is 11.5 Å². The third kappa shape index (κ3) is 4.61. The molecule has 0 saturated heterocycles. The summed E-state index contributed by atoms with van der Waals surface area (Å²) >= 11 is 0. The summed E-state index contributed by atoms with van der Waals surface area (Å²) in [6, 6.07) is 11.8. The number of phenols is 2. The van der Waals surface area contributed by atoms with Gasteiger partial charge in [-0.3, -0.25) is 9.98 Å². The van der Waals surface area contributed by atoms with Crippen molar-refractivity contribution < 1.29 is 10.2 Å². The van der Waals surface area contributed by atoms with E-state index >= 15 is 0 Å². The maximum atomic E-state index is 10.4. The molecule has 0 heterocycles. The molecule has 1 saturated carbocycles. The van der Waals surface area contributed by atoms with Crippen LogP contribution in [0.3, 0.4) is 0 Å². The summed E-state index contributed by atoms with van der Waals surface area (Å²) in [5, 5.41) is 20.7. The first kappa shape index (κ1) is 20.1. The molecule has 0 radical (unpaired) electrons. The lowest BCUT2D eigenvalue weighted by Crippen LogP contribution is -2.27. The van der Waals surface area contributed by atoms with Crippen molar-refractivity contribution in [1.82, 2.24) is 0 Å². The van der Waals surface area contributed by atoms with Gasteiger partial charge in [0.15, 0.2) is 0 Å². The number of benzene rings is 2. The van der Waals surface area contributed by atoms with Crippen LogP contribution in [0.25, 0.3) is 0 Å². The van der Waals surface area contributed by atoms with Gasteiger partial charge in [0.2, 0.25) is 0 Å². The van der Waals surface area contributed by atoms with Crippen molar-refractivity contribution >= 4 is 12.4 Å². The summed E-state index contributed by atoms with van der Waals surface area (Å²) in [4.78, 5) is 9.56. The Morgan fingerprint density at radius 2 is 1.21 bits per heavy atom. The van der Waals surface area contributed by atoms with E-state index in [1.165, 1.54) is 0 Å². The second-order valence-electron chi connectivity index (χ2n) is 7.39. The first-order chi connectivity index (χ1) is 13.6. The Hall–Kier alpha value is -2.62. The molecule has 0 aromatic heterocycles. The second kappa shape index (κ2) is 9.54. The molecule has 3 rings (SSSR count). The molecule has 1 aliphatic carbocycles. The van der Waals surface area contributed by atoms with Crippen LogP contribution in [-0.4, -0.2) is 34.7 Å². The molecule has 0 unspecified atom stereocenters. The molecule has 0 bridgehead atoms.